The smallest absolute Gasteiger partial charge is 0.269 e. The molecule has 2 N–H and O–H groups in total. The molecule has 0 spiro atoms. The van der Waals surface area contributed by atoms with Crippen LogP contribution in [0.1, 0.15) is 22.3 Å². The Morgan fingerprint density at radius 1 is 1.35 bits per heavy atom. The number of halogens is 1. The van der Waals surface area contributed by atoms with Crippen LogP contribution in [0.25, 0.3) is 0 Å². The molecular formula is C14H16BrN3OS. The highest BCUT2D eigenvalue weighted by Crippen LogP contribution is 2.22. The molecule has 0 unspecified atom stereocenters. The fraction of sp³-hybridized carbons (Fsp3) is 0.286. The molecule has 20 heavy (non-hydrogen) atoms. The Kier molecular flexibility index (Phi) is 5.55. The number of nitrogens with zero attached hydrogens (tertiary/aromatic N) is 1. The average Bonchev–Trinajstić information content (AvgIpc) is 2.85. The normalized spacial score (nSPS) is 10.3. The van der Waals surface area contributed by atoms with Crippen LogP contribution in [0.2, 0.25) is 0 Å². The second kappa shape index (κ2) is 7.40. The summed E-state index contributed by atoms with van der Waals surface area (Å²) >= 11 is 5.11. The van der Waals surface area contributed by atoms with E-state index in [0.29, 0.717) is 12.2 Å². The van der Waals surface area contributed by atoms with E-state index in [4.69, 9.17) is 0 Å². The Balaban J connectivity index is 1.86. The van der Waals surface area contributed by atoms with Crippen LogP contribution in [0, 0.1) is 0 Å². The number of anilines is 1. The molecule has 2 aromatic rings. The number of aromatic nitrogens is 1. The Hall–Kier alpha value is -1.40. The molecular weight excluding hydrogens is 338 g/mol. The first kappa shape index (κ1) is 15.0. The first-order valence-corrected chi connectivity index (χ1v) is 8.03. The van der Waals surface area contributed by atoms with Crippen molar-refractivity contribution in [3.8, 4) is 0 Å². The van der Waals surface area contributed by atoms with Crippen molar-refractivity contribution in [3.05, 3.63) is 44.7 Å². The summed E-state index contributed by atoms with van der Waals surface area (Å²) in [5.41, 5.74) is 0.441. The van der Waals surface area contributed by atoms with Gasteiger partial charge in [-0.1, -0.05) is 6.07 Å². The van der Waals surface area contributed by atoms with E-state index in [0.717, 1.165) is 22.6 Å². The van der Waals surface area contributed by atoms with E-state index in [2.05, 4.69) is 37.6 Å². The largest absolute Gasteiger partial charge is 0.370 e. The summed E-state index contributed by atoms with van der Waals surface area (Å²) < 4.78 is 1.11. The molecule has 1 amide bonds. The predicted molar refractivity (Wildman–Crippen MR) is 86.5 cm³/mol. The molecule has 0 saturated carbocycles. The number of hydrogen-bond donors (Lipinski definition) is 2. The van der Waals surface area contributed by atoms with Gasteiger partial charge in [-0.25, -0.2) is 4.98 Å². The molecule has 4 nitrogen and oxygen atoms in total. The average molecular weight is 354 g/mol. The van der Waals surface area contributed by atoms with Crippen LogP contribution in [0.15, 0.2) is 34.1 Å². The highest BCUT2D eigenvalue weighted by molar-refractivity contribution is 9.11. The number of hydrogen-bond acceptors (Lipinski definition) is 4. The fourth-order valence-electron chi connectivity index (χ4n) is 1.72. The van der Waals surface area contributed by atoms with E-state index in [9.17, 15) is 4.79 Å². The molecule has 0 aromatic carbocycles. The second-order valence-corrected chi connectivity index (χ2v) is 6.70. The van der Waals surface area contributed by atoms with Crippen LogP contribution in [0.4, 0.5) is 5.82 Å². The fourth-order valence-corrected chi connectivity index (χ4v) is 3.20. The van der Waals surface area contributed by atoms with Gasteiger partial charge < -0.3 is 10.6 Å². The van der Waals surface area contributed by atoms with Gasteiger partial charge in [0.25, 0.3) is 5.91 Å². The van der Waals surface area contributed by atoms with Crippen molar-refractivity contribution >= 4 is 39.0 Å². The first-order chi connectivity index (χ1) is 9.69. The summed E-state index contributed by atoms with van der Waals surface area (Å²) in [6.45, 7) is 3.39. The van der Waals surface area contributed by atoms with E-state index >= 15 is 0 Å². The van der Waals surface area contributed by atoms with Crippen molar-refractivity contribution in [2.24, 2.45) is 0 Å². The van der Waals surface area contributed by atoms with Crippen LogP contribution in [-0.2, 0) is 6.42 Å². The monoisotopic (exact) mass is 353 g/mol. The molecule has 6 heteroatoms. The SMILES string of the molecule is CCNc1cccc(C(=O)NCCc2ccc(Br)s2)n1. The lowest BCUT2D eigenvalue weighted by Gasteiger charge is -2.06. The molecule has 2 aromatic heterocycles. The van der Waals surface area contributed by atoms with Crippen molar-refractivity contribution in [2.45, 2.75) is 13.3 Å². The highest BCUT2D eigenvalue weighted by atomic mass is 79.9. The first-order valence-electron chi connectivity index (χ1n) is 6.42. The van der Waals surface area contributed by atoms with Crippen LogP contribution < -0.4 is 10.6 Å². The number of amides is 1. The number of carbonyl (C=O) groups is 1. The van der Waals surface area contributed by atoms with Crippen molar-refractivity contribution in [3.63, 3.8) is 0 Å². The highest BCUT2D eigenvalue weighted by Gasteiger charge is 2.07. The molecule has 0 saturated heterocycles. The van der Waals surface area contributed by atoms with Gasteiger partial charge in [0, 0.05) is 18.0 Å². The standard InChI is InChI=1S/C14H16BrN3OS/c1-2-16-13-5-3-4-11(18-13)14(19)17-9-8-10-6-7-12(15)20-10/h3-7H,2,8-9H2,1H3,(H,16,18)(H,17,19). The number of nitrogens with one attached hydrogen (secondary N) is 2. The lowest BCUT2D eigenvalue weighted by Crippen LogP contribution is -2.26. The van der Waals surface area contributed by atoms with Gasteiger partial charge in [0.2, 0.25) is 0 Å². The Labute approximate surface area is 130 Å². The van der Waals surface area contributed by atoms with Crippen molar-refractivity contribution in [2.75, 3.05) is 18.4 Å². The number of rotatable bonds is 6. The molecule has 0 bridgehead atoms. The van der Waals surface area contributed by atoms with E-state index in [1.54, 1.807) is 17.4 Å². The maximum Gasteiger partial charge on any atom is 0.269 e. The van der Waals surface area contributed by atoms with Crippen LogP contribution in [-0.4, -0.2) is 24.0 Å². The summed E-state index contributed by atoms with van der Waals surface area (Å²) in [6.07, 6.45) is 0.828. The van der Waals surface area contributed by atoms with Crippen molar-refractivity contribution < 1.29 is 4.79 Å². The van der Waals surface area contributed by atoms with Gasteiger partial charge in [-0.05, 0) is 53.5 Å². The molecule has 0 aliphatic carbocycles. The summed E-state index contributed by atoms with van der Waals surface area (Å²) in [4.78, 5) is 17.5. The Morgan fingerprint density at radius 2 is 2.20 bits per heavy atom. The third-order valence-electron chi connectivity index (χ3n) is 2.63. The third kappa shape index (κ3) is 4.31. The lowest BCUT2D eigenvalue weighted by molar-refractivity contribution is 0.0949. The Bertz CT molecular complexity index is 585. The van der Waals surface area contributed by atoms with E-state index < -0.39 is 0 Å². The molecule has 0 atom stereocenters. The zero-order valence-electron chi connectivity index (χ0n) is 11.1. The van der Waals surface area contributed by atoms with Gasteiger partial charge in [0.05, 0.1) is 3.79 Å². The molecule has 0 aliphatic heterocycles. The molecule has 106 valence electrons. The zero-order chi connectivity index (χ0) is 14.4. The van der Waals surface area contributed by atoms with Crippen LogP contribution in [0.3, 0.4) is 0 Å². The van der Waals surface area contributed by atoms with Gasteiger partial charge in [-0.15, -0.1) is 11.3 Å². The summed E-state index contributed by atoms with van der Waals surface area (Å²) in [5, 5.41) is 5.98. The second-order valence-electron chi connectivity index (χ2n) is 4.15. The van der Waals surface area contributed by atoms with Crippen molar-refractivity contribution in [1.29, 1.82) is 0 Å². The minimum atomic E-state index is -0.139. The predicted octanol–water partition coefficient (Wildman–Crippen LogP) is 3.31. The number of thiophene rings is 1. The van der Waals surface area contributed by atoms with Gasteiger partial charge in [0.15, 0.2) is 0 Å². The van der Waals surface area contributed by atoms with Crippen LogP contribution >= 0.6 is 27.3 Å². The van der Waals surface area contributed by atoms with E-state index in [1.807, 2.05) is 25.1 Å². The van der Waals surface area contributed by atoms with Gasteiger partial charge in [-0.2, -0.15) is 0 Å². The minimum Gasteiger partial charge on any atom is -0.370 e. The minimum absolute atomic E-state index is 0.139. The third-order valence-corrected chi connectivity index (χ3v) is 4.31. The molecule has 2 heterocycles. The maximum atomic E-state index is 12.0. The zero-order valence-corrected chi connectivity index (χ0v) is 13.6. The molecule has 0 radical (unpaired) electrons. The quantitative estimate of drug-likeness (QED) is 0.837. The molecule has 2 rings (SSSR count). The topological polar surface area (TPSA) is 54.0 Å². The van der Waals surface area contributed by atoms with E-state index in [-0.39, 0.29) is 5.91 Å². The van der Waals surface area contributed by atoms with E-state index in [1.165, 1.54) is 4.88 Å². The molecule has 0 aliphatic rings. The number of pyridine rings is 1. The van der Waals surface area contributed by atoms with Crippen molar-refractivity contribution in [1.82, 2.24) is 10.3 Å². The molecule has 0 fully saturated rings. The summed E-state index contributed by atoms with van der Waals surface area (Å²) in [6, 6.07) is 9.48. The van der Waals surface area contributed by atoms with Gasteiger partial charge in [0.1, 0.15) is 11.5 Å². The number of carbonyl (C=O) groups excluding carboxylic acids is 1. The van der Waals surface area contributed by atoms with Gasteiger partial charge in [-0.3, -0.25) is 4.79 Å². The summed E-state index contributed by atoms with van der Waals surface area (Å²) in [7, 11) is 0. The van der Waals surface area contributed by atoms with Gasteiger partial charge >= 0.3 is 0 Å². The van der Waals surface area contributed by atoms with Crippen LogP contribution in [0.5, 0.6) is 0 Å². The lowest BCUT2D eigenvalue weighted by atomic mass is 10.3. The summed E-state index contributed by atoms with van der Waals surface area (Å²) in [5.74, 6) is 0.586. The maximum absolute atomic E-state index is 12.0. The Morgan fingerprint density at radius 3 is 2.90 bits per heavy atom.